The molecule has 8 heteroatoms. The van der Waals surface area contributed by atoms with Crippen molar-refractivity contribution in [2.45, 2.75) is 19.8 Å². The Labute approximate surface area is 171 Å². The zero-order valence-corrected chi connectivity index (χ0v) is 17.7. The van der Waals surface area contributed by atoms with E-state index in [4.69, 9.17) is 4.74 Å². The van der Waals surface area contributed by atoms with Crippen molar-refractivity contribution >= 4 is 27.4 Å². The number of methoxy groups -OCH3 is 1. The van der Waals surface area contributed by atoms with Gasteiger partial charge in [0.1, 0.15) is 12.3 Å². The number of carbonyl (C=O) groups excluding carboxylic acids is 2. The summed E-state index contributed by atoms with van der Waals surface area (Å²) in [5.74, 6) is 0.206. The number of carbonyl (C=O) groups is 2. The fourth-order valence-electron chi connectivity index (χ4n) is 2.88. The topological polar surface area (TPSA) is 92.8 Å². The Kier molecular flexibility index (Phi) is 7.78. The lowest BCUT2D eigenvalue weighted by molar-refractivity contribution is -0.119. The molecular formula is C21H26N2O5S. The van der Waals surface area contributed by atoms with E-state index in [0.717, 1.165) is 28.3 Å². The van der Waals surface area contributed by atoms with Gasteiger partial charge in [-0.2, -0.15) is 0 Å². The third-order valence-electron chi connectivity index (χ3n) is 4.37. The molecule has 0 spiro atoms. The number of hydrogen-bond donors (Lipinski definition) is 1. The van der Waals surface area contributed by atoms with E-state index in [-0.39, 0.29) is 18.0 Å². The molecule has 2 rings (SSSR count). The lowest BCUT2D eigenvalue weighted by atomic mass is 10.1. The molecule has 0 saturated heterocycles. The first-order chi connectivity index (χ1) is 13.7. The van der Waals surface area contributed by atoms with Crippen molar-refractivity contribution < 1.29 is 22.7 Å². The summed E-state index contributed by atoms with van der Waals surface area (Å²) >= 11 is 0. The molecule has 1 N–H and O–H groups in total. The van der Waals surface area contributed by atoms with Crippen LogP contribution in [0.2, 0.25) is 0 Å². The van der Waals surface area contributed by atoms with Crippen molar-refractivity contribution in [3.05, 3.63) is 59.7 Å². The molecule has 7 nitrogen and oxygen atoms in total. The molecule has 2 aromatic carbocycles. The summed E-state index contributed by atoms with van der Waals surface area (Å²) in [6, 6.07) is 13.9. The molecule has 0 saturated carbocycles. The zero-order chi connectivity index (χ0) is 21.4. The van der Waals surface area contributed by atoms with E-state index in [1.165, 1.54) is 13.0 Å². The van der Waals surface area contributed by atoms with E-state index in [9.17, 15) is 18.0 Å². The van der Waals surface area contributed by atoms with Crippen molar-refractivity contribution in [2.75, 3.05) is 30.8 Å². The summed E-state index contributed by atoms with van der Waals surface area (Å²) in [4.78, 5) is 23.9. The summed E-state index contributed by atoms with van der Waals surface area (Å²) in [6.45, 7) is 1.45. The highest BCUT2D eigenvalue weighted by molar-refractivity contribution is 7.92. The fraction of sp³-hybridized carbons (Fsp3) is 0.333. The third-order valence-corrected chi connectivity index (χ3v) is 5.51. The average molecular weight is 419 g/mol. The van der Waals surface area contributed by atoms with Crippen molar-refractivity contribution in [1.82, 2.24) is 5.32 Å². The van der Waals surface area contributed by atoms with Crippen LogP contribution in [0.15, 0.2) is 48.5 Å². The van der Waals surface area contributed by atoms with E-state index >= 15 is 0 Å². The number of hydrogen-bond acceptors (Lipinski definition) is 5. The number of ether oxygens (including phenoxy) is 1. The van der Waals surface area contributed by atoms with E-state index < -0.39 is 15.9 Å². The number of anilines is 1. The summed E-state index contributed by atoms with van der Waals surface area (Å²) < 4.78 is 30.7. The Morgan fingerprint density at radius 3 is 2.48 bits per heavy atom. The van der Waals surface area contributed by atoms with Gasteiger partial charge in [0.2, 0.25) is 15.9 Å². The smallest absolute Gasteiger partial charge is 0.240 e. The minimum absolute atomic E-state index is 0.180. The van der Waals surface area contributed by atoms with Crippen molar-refractivity contribution in [1.29, 1.82) is 0 Å². The number of sulfonamides is 1. The first kappa shape index (κ1) is 22.4. The third kappa shape index (κ3) is 6.60. The predicted octanol–water partition coefficient (Wildman–Crippen LogP) is 2.41. The fourth-order valence-corrected chi connectivity index (χ4v) is 3.73. The van der Waals surface area contributed by atoms with Crippen molar-refractivity contribution in [3.63, 3.8) is 0 Å². The predicted molar refractivity (Wildman–Crippen MR) is 113 cm³/mol. The Hall–Kier alpha value is -2.87. The largest absolute Gasteiger partial charge is 0.496 e. The van der Waals surface area contributed by atoms with Gasteiger partial charge < -0.3 is 10.1 Å². The minimum atomic E-state index is -3.69. The normalized spacial score (nSPS) is 11.0. The first-order valence-corrected chi connectivity index (χ1v) is 11.0. The molecule has 0 aliphatic carbocycles. The molecular weight excluding hydrogens is 392 g/mol. The monoisotopic (exact) mass is 418 g/mol. The lowest BCUT2D eigenvalue weighted by Gasteiger charge is -2.22. The van der Waals surface area contributed by atoms with Gasteiger partial charge in [-0.1, -0.05) is 30.3 Å². The van der Waals surface area contributed by atoms with Gasteiger partial charge in [0, 0.05) is 12.1 Å². The molecule has 0 aliphatic rings. The molecule has 0 radical (unpaired) electrons. The van der Waals surface area contributed by atoms with E-state index in [2.05, 4.69) is 5.32 Å². The number of para-hydroxylation sites is 1. The minimum Gasteiger partial charge on any atom is -0.496 e. The van der Waals surface area contributed by atoms with Crippen LogP contribution in [-0.4, -0.2) is 46.6 Å². The van der Waals surface area contributed by atoms with Gasteiger partial charge in [-0.05, 0) is 43.5 Å². The van der Waals surface area contributed by atoms with Crippen LogP contribution >= 0.6 is 0 Å². The molecule has 2 aromatic rings. The Balaban J connectivity index is 1.97. The number of aryl methyl sites for hydroxylation is 1. The molecule has 0 unspecified atom stereocenters. The van der Waals surface area contributed by atoms with E-state index in [1.54, 1.807) is 25.3 Å². The van der Waals surface area contributed by atoms with Gasteiger partial charge in [0.25, 0.3) is 0 Å². The van der Waals surface area contributed by atoms with Crippen LogP contribution in [0.25, 0.3) is 0 Å². The Bertz CT molecular complexity index is 973. The van der Waals surface area contributed by atoms with Crippen LogP contribution < -0.4 is 14.4 Å². The molecule has 0 aliphatic heterocycles. The maximum atomic E-state index is 12.3. The quantitative estimate of drug-likeness (QED) is 0.472. The number of nitrogens with one attached hydrogen (secondary N) is 1. The SMILES string of the molecule is COc1ccccc1CCCNC(=O)CN(c1cccc(C(C)=O)c1)S(C)(=O)=O. The standard InChI is InChI=1S/C21H26N2O5S/c1-16(24)18-9-6-11-19(14-18)23(29(3,26)27)15-21(25)22-13-7-10-17-8-4-5-12-20(17)28-2/h4-6,8-9,11-12,14H,7,10,13,15H2,1-3H3,(H,22,25). The maximum absolute atomic E-state index is 12.3. The van der Waals surface area contributed by atoms with Crippen molar-refractivity contribution in [3.8, 4) is 5.75 Å². The number of nitrogens with zero attached hydrogens (tertiary/aromatic N) is 1. The van der Waals surface area contributed by atoms with Gasteiger partial charge in [-0.3, -0.25) is 13.9 Å². The van der Waals surface area contributed by atoms with Crippen LogP contribution in [0.4, 0.5) is 5.69 Å². The highest BCUT2D eigenvalue weighted by Gasteiger charge is 2.21. The van der Waals surface area contributed by atoms with Crippen LogP contribution in [-0.2, 0) is 21.2 Å². The highest BCUT2D eigenvalue weighted by Crippen LogP contribution is 2.20. The zero-order valence-electron chi connectivity index (χ0n) is 16.8. The summed E-state index contributed by atoms with van der Waals surface area (Å²) in [5.41, 5.74) is 1.71. The second-order valence-electron chi connectivity index (χ2n) is 6.64. The molecule has 0 atom stereocenters. The number of ketones is 1. The summed E-state index contributed by atoms with van der Waals surface area (Å²) in [6.07, 6.45) is 2.44. The molecule has 0 aromatic heterocycles. The van der Waals surface area contributed by atoms with Crippen molar-refractivity contribution in [2.24, 2.45) is 0 Å². The summed E-state index contributed by atoms with van der Waals surface area (Å²) in [5, 5.41) is 2.75. The number of Topliss-reactive ketones (excluding diaryl/α,β-unsaturated/α-hetero) is 1. The molecule has 29 heavy (non-hydrogen) atoms. The molecule has 156 valence electrons. The lowest BCUT2D eigenvalue weighted by Crippen LogP contribution is -2.40. The average Bonchev–Trinajstić information content (AvgIpc) is 2.69. The van der Waals surface area contributed by atoms with E-state index in [1.807, 2.05) is 24.3 Å². The molecule has 0 heterocycles. The van der Waals surface area contributed by atoms with E-state index in [0.29, 0.717) is 18.5 Å². The Morgan fingerprint density at radius 2 is 1.83 bits per heavy atom. The number of rotatable bonds is 10. The van der Waals surface area contributed by atoms with Crippen LogP contribution in [0.5, 0.6) is 5.75 Å². The summed E-state index contributed by atoms with van der Waals surface area (Å²) in [7, 11) is -2.08. The second-order valence-corrected chi connectivity index (χ2v) is 8.55. The van der Waals surface area contributed by atoms with Gasteiger partial charge in [0.15, 0.2) is 5.78 Å². The molecule has 0 bridgehead atoms. The van der Waals surface area contributed by atoms with Crippen LogP contribution in [0.3, 0.4) is 0 Å². The van der Waals surface area contributed by atoms with Gasteiger partial charge in [0.05, 0.1) is 19.1 Å². The second kappa shape index (κ2) is 10.1. The highest BCUT2D eigenvalue weighted by atomic mass is 32.2. The Morgan fingerprint density at radius 1 is 1.10 bits per heavy atom. The maximum Gasteiger partial charge on any atom is 0.240 e. The molecule has 1 amide bonds. The van der Waals surface area contributed by atoms with Gasteiger partial charge >= 0.3 is 0 Å². The molecule has 0 fully saturated rings. The van der Waals surface area contributed by atoms with Gasteiger partial charge in [-0.15, -0.1) is 0 Å². The van der Waals surface area contributed by atoms with Crippen LogP contribution in [0, 0.1) is 0 Å². The van der Waals surface area contributed by atoms with Gasteiger partial charge in [-0.25, -0.2) is 8.42 Å². The first-order valence-electron chi connectivity index (χ1n) is 9.19. The van der Waals surface area contributed by atoms with Crippen LogP contribution in [0.1, 0.15) is 29.3 Å². The number of benzene rings is 2. The number of amides is 1.